The molecule has 1 amide bonds. The highest BCUT2D eigenvalue weighted by molar-refractivity contribution is 6.74. The number of carbonyl (C=O) groups excluding carboxylic acids is 2. The first-order valence-electron chi connectivity index (χ1n) is 10.2. The molecule has 0 radical (unpaired) electrons. The van der Waals surface area contributed by atoms with E-state index in [1.165, 1.54) is 18.2 Å². The Morgan fingerprint density at radius 1 is 1.28 bits per heavy atom. The van der Waals surface area contributed by atoms with Crippen LogP contribution in [0.25, 0.3) is 11.3 Å². The normalized spacial score (nSPS) is 15.0. The minimum atomic E-state index is -2.13. The van der Waals surface area contributed by atoms with Gasteiger partial charge in [0.15, 0.2) is 14.4 Å². The van der Waals surface area contributed by atoms with Gasteiger partial charge in [-0.15, -0.1) is 0 Å². The number of hydrogen-bond donors (Lipinski definition) is 0. The summed E-state index contributed by atoms with van der Waals surface area (Å²) in [6, 6.07) is 4.53. The maximum Gasteiger partial charge on any atom is 0.330 e. The molecule has 2 heterocycles. The standard InChI is InChI=1S/C22H27Cl2N3O4Si/c1-22(2,3)32(5,6)31-12-17(20(29)30-4)27-11-14-8-7-13(9-15(14)19(27)28)18-16(23)10-25-21(24)26-18/h7-10,17H,11-12H2,1-6H3/t17-/m0/s1. The van der Waals surface area contributed by atoms with E-state index in [4.69, 9.17) is 32.4 Å². The highest BCUT2D eigenvalue weighted by Gasteiger charge is 2.42. The van der Waals surface area contributed by atoms with Crippen molar-refractivity contribution in [3.63, 3.8) is 0 Å². The summed E-state index contributed by atoms with van der Waals surface area (Å²) in [7, 11) is -0.817. The van der Waals surface area contributed by atoms with Gasteiger partial charge in [-0.2, -0.15) is 0 Å². The van der Waals surface area contributed by atoms with Crippen LogP contribution in [0.4, 0.5) is 0 Å². The lowest BCUT2D eigenvalue weighted by Crippen LogP contribution is -2.49. The second-order valence-corrected chi connectivity index (χ2v) is 14.8. The van der Waals surface area contributed by atoms with Crippen LogP contribution in [0.1, 0.15) is 36.7 Å². The summed E-state index contributed by atoms with van der Waals surface area (Å²) in [4.78, 5) is 35.4. The molecule has 0 fully saturated rings. The van der Waals surface area contributed by atoms with Crippen LogP contribution in [0.2, 0.25) is 28.4 Å². The molecule has 0 saturated carbocycles. The molecule has 0 spiro atoms. The van der Waals surface area contributed by atoms with Crippen molar-refractivity contribution in [2.75, 3.05) is 13.7 Å². The minimum Gasteiger partial charge on any atom is -0.467 e. The number of rotatable bonds is 6. The lowest BCUT2D eigenvalue weighted by Gasteiger charge is -2.38. The molecule has 0 unspecified atom stereocenters. The molecule has 1 aromatic heterocycles. The molecule has 1 aliphatic rings. The van der Waals surface area contributed by atoms with Gasteiger partial charge in [0.2, 0.25) is 5.28 Å². The Bertz CT molecular complexity index is 1060. The molecular formula is C22H27Cl2N3O4Si. The first-order chi connectivity index (χ1) is 14.9. The van der Waals surface area contributed by atoms with Crippen molar-refractivity contribution in [2.24, 2.45) is 0 Å². The summed E-state index contributed by atoms with van der Waals surface area (Å²) in [5, 5.41) is 0.358. The SMILES string of the molecule is COC(=O)[C@H](CO[Si](C)(C)C(C)(C)C)N1Cc2ccc(-c3nc(Cl)ncc3Cl)cc2C1=O. The van der Waals surface area contributed by atoms with E-state index in [0.29, 0.717) is 21.8 Å². The molecule has 0 N–H and O–H groups in total. The third-order valence-corrected chi connectivity index (χ3v) is 11.1. The molecule has 7 nitrogen and oxygen atoms in total. The van der Waals surface area contributed by atoms with Crippen molar-refractivity contribution in [1.29, 1.82) is 0 Å². The summed E-state index contributed by atoms with van der Waals surface area (Å²) in [6.07, 6.45) is 1.42. The summed E-state index contributed by atoms with van der Waals surface area (Å²) in [5.41, 5.74) is 2.36. The number of aromatic nitrogens is 2. The van der Waals surface area contributed by atoms with Crippen molar-refractivity contribution in [1.82, 2.24) is 14.9 Å². The average molecular weight is 496 g/mol. The van der Waals surface area contributed by atoms with Gasteiger partial charge in [-0.1, -0.05) is 44.5 Å². The van der Waals surface area contributed by atoms with Gasteiger partial charge < -0.3 is 14.1 Å². The quantitative estimate of drug-likeness (QED) is 0.319. The molecule has 0 bridgehead atoms. The second kappa shape index (κ2) is 9.09. The van der Waals surface area contributed by atoms with Crippen LogP contribution in [0.5, 0.6) is 0 Å². The molecule has 2 aromatic rings. The van der Waals surface area contributed by atoms with Crippen molar-refractivity contribution in [2.45, 2.75) is 51.5 Å². The third kappa shape index (κ3) is 4.83. The van der Waals surface area contributed by atoms with Crippen LogP contribution in [0.15, 0.2) is 24.4 Å². The van der Waals surface area contributed by atoms with E-state index >= 15 is 0 Å². The lowest BCUT2D eigenvalue weighted by atomic mass is 10.0. The van der Waals surface area contributed by atoms with E-state index in [9.17, 15) is 9.59 Å². The second-order valence-electron chi connectivity index (χ2n) is 9.25. The first-order valence-corrected chi connectivity index (χ1v) is 13.9. The third-order valence-electron chi connectivity index (χ3n) is 6.19. The lowest BCUT2D eigenvalue weighted by molar-refractivity contribution is -0.147. The number of fused-ring (bicyclic) bond motifs is 1. The largest absolute Gasteiger partial charge is 0.467 e. The van der Waals surface area contributed by atoms with Crippen molar-refractivity contribution in [3.05, 3.63) is 45.8 Å². The van der Waals surface area contributed by atoms with Gasteiger partial charge >= 0.3 is 5.97 Å². The Balaban J connectivity index is 1.89. The van der Waals surface area contributed by atoms with E-state index in [1.807, 2.05) is 12.1 Å². The zero-order chi connectivity index (χ0) is 23.8. The Kier molecular flexibility index (Phi) is 7.00. The van der Waals surface area contributed by atoms with Crippen molar-refractivity contribution in [3.8, 4) is 11.3 Å². The molecule has 3 rings (SSSR count). The number of hydrogen-bond acceptors (Lipinski definition) is 6. The predicted octanol–water partition coefficient (Wildman–Crippen LogP) is 4.97. The summed E-state index contributed by atoms with van der Waals surface area (Å²) in [6.45, 7) is 10.9. The Labute approximate surface area is 199 Å². The molecular weight excluding hydrogens is 469 g/mol. The monoisotopic (exact) mass is 495 g/mol. The van der Waals surface area contributed by atoms with Gasteiger partial charge in [-0.05, 0) is 41.4 Å². The van der Waals surface area contributed by atoms with E-state index < -0.39 is 20.3 Å². The van der Waals surface area contributed by atoms with Crippen molar-refractivity contribution < 1.29 is 18.8 Å². The Hall–Kier alpha value is -2.00. The molecule has 32 heavy (non-hydrogen) atoms. The highest BCUT2D eigenvalue weighted by atomic mass is 35.5. The zero-order valence-electron chi connectivity index (χ0n) is 19.0. The number of halogens is 2. The van der Waals surface area contributed by atoms with E-state index in [0.717, 1.165) is 5.56 Å². The maximum atomic E-state index is 13.3. The van der Waals surface area contributed by atoms with Gasteiger partial charge in [-0.3, -0.25) is 4.79 Å². The van der Waals surface area contributed by atoms with E-state index in [-0.39, 0.29) is 29.4 Å². The molecule has 0 saturated heterocycles. The van der Waals surface area contributed by atoms with Crippen LogP contribution in [-0.2, 0) is 20.5 Å². The van der Waals surface area contributed by atoms with Gasteiger partial charge in [0.05, 0.1) is 30.6 Å². The molecule has 172 valence electrons. The molecule has 1 aromatic carbocycles. The van der Waals surface area contributed by atoms with Crippen LogP contribution in [0, 0.1) is 0 Å². The zero-order valence-corrected chi connectivity index (χ0v) is 21.5. The van der Waals surface area contributed by atoms with Gasteiger partial charge in [0.1, 0.15) is 0 Å². The van der Waals surface area contributed by atoms with Gasteiger partial charge in [0, 0.05) is 17.7 Å². The number of ether oxygens (including phenoxy) is 1. The molecule has 1 atom stereocenters. The fourth-order valence-electron chi connectivity index (χ4n) is 3.20. The number of esters is 1. The smallest absolute Gasteiger partial charge is 0.330 e. The predicted molar refractivity (Wildman–Crippen MR) is 126 cm³/mol. The number of benzene rings is 1. The van der Waals surface area contributed by atoms with E-state index in [2.05, 4.69) is 43.8 Å². The van der Waals surface area contributed by atoms with Crippen molar-refractivity contribution >= 4 is 43.4 Å². The fraction of sp³-hybridized carbons (Fsp3) is 0.455. The summed E-state index contributed by atoms with van der Waals surface area (Å²) >= 11 is 12.1. The fourth-order valence-corrected chi connectivity index (χ4v) is 4.54. The van der Waals surface area contributed by atoms with Gasteiger partial charge in [0.25, 0.3) is 5.91 Å². The number of carbonyl (C=O) groups is 2. The summed E-state index contributed by atoms with van der Waals surface area (Å²) in [5.74, 6) is -0.775. The number of nitrogens with zero attached hydrogens (tertiary/aromatic N) is 3. The minimum absolute atomic E-state index is 0.0291. The maximum absolute atomic E-state index is 13.3. The molecule has 10 heteroatoms. The number of methoxy groups -OCH3 is 1. The highest BCUT2D eigenvalue weighted by Crippen LogP contribution is 2.37. The topological polar surface area (TPSA) is 81.6 Å². The van der Waals surface area contributed by atoms with Crippen LogP contribution < -0.4 is 0 Å². The van der Waals surface area contributed by atoms with E-state index in [1.54, 1.807) is 6.07 Å². The Morgan fingerprint density at radius 3 is 2.59 bits per heavy atom. The first kappa shape index (κ1) is 24.6. The van der Waals surface area contributed by atoms with Gasteiger partial charge in [-0.25, -0.2) is 14.8 Å². The molecule has 0 aliphatic carbocycles. The molecule has 1 aliphatic heterocycles. The Morgan fingerprint density at radius 2 is 1.97 bits per heavy atom. The average Bonchev–Trinajstić information content (AvgIpc) is 3.04. The number of amides is 1. The summed E-state index contributed by atoms with van der Waals surface area (Å²) < 4.78 is 11.3. The van der Waals surface area contributed by atoms with Crippen LogP contribution >= 0.6 is 23.2 Å². The van der Waals surface area contributed by atoms with Crippen LogP contribution in [0.3, 0.4) is 0 Å². The van der Waals surface area contributed by atoms with Crippen LogP contribution in [-0.4, -0.2) is 54.8 Å².